The van der Waals surface area contributed by atoms with E-state index in [0.717, 1.165) is 24.2 Å². The second kappa shape index (κ2) is 4.98. The van der Waals surface area contributed by atoms with Crippen molar-refractivity contribution in [2.45, 2.75) is 26.2 Å². The van der Waals surface area contributed by atoms with Gasteiger partial charge in [0.2, 0.25) is 11.8 Å². The van der Waals surface area contributed by atoms with Crippen LogP contribution in [0.3, 0.4) is 0 Å². The highest BCUT2D eigenvalue weighted by Gasteiger charge is 2.53. The van der Waals surface area contributed by atoms with E-state index >= 15 is 0 Å². The van der Waals surface area contributed by atoms with Gasteiger partial charge in [-0.05, 0) is 30.9 Å². The van der Waals surface area contributed by atoms with Crippen LogP contribution in [0.15, 0.2) is 24.3 Å². The fraction of sp³-hybridized carbons (Fsp3) is 0.438. The quantitative estimate of drug-likeness (QED) is 0.866. The van der Waals surface area contributed by atoms with Gasteiger partial charge in [0, 0.05) is 0 Å². The van der Waals surface area contributed by atoms with E-state index in [1.807, 2.05) is 0 Å². The van der Waals surface area contributed by atoms with Crippen LogP contribution in [0.1, 0.15) is 36.5 Å². The van der Waals surface area contributed by atoms with Gasteiger partial charge in [-0.3, -0.25) is 9.59 Å². The largest absolute Gasteiger partial charge is 0.478 e. The number of aromatic carboxylic acids is 1. The van der Waals surface area contributed by atoms with Gasteiger partial charge in [-0.2, -0.15) is 0 Å². The number of carboxylic acid groups (broad SMARTS) is 1. The van der Waals surface area contributed by atoms with Crippen molar-refractivity contribution in [3.63, 3.8) is 0 Å². The molecule has 0 spiro atoms. The van der Waals surface area contributed by atoms with Gasteiger partial charge >= 0.3 is 5.97 Å². The van der Waals surface area contributed by atoms with Crippen LogP contribution in [0.4, 0.5) is 5.69 Å². The number of hydrogen-bond donors (Lipinski definition) is 1. The summed E-state index contributed by atoms with van der Waals surface area (Å²) in [7, 11) is 0. The molecule has 2 fully saturated rings. The molecule has 110 valence electrons. The van der Waals surface area contributed by atoms with Gasteiger partial charge < -0.3 is 5.11 Å². The lowest BCUT2D eigenvalue weighted by atomic mass is 10.00. The van der Waals surface area contributed by atoms with Gasteiger partial charge in [0.25, 0.3) is 0 Å². The molecule has 0 aromatic heterocycles. The Hall–Kier alpha value is -2.17. The first-order chi connectivity index (χ1) is 10.0. The average molecular weight is 287 g/mol. The molecule has 1 saturated heterocycles. The lowest BCUT2D eigenvalue weighted by Gasteiger charge is -2.19. The zero-order valence-electron chi connectivity index (χ0n) is 11.8. The second-order valence-corrected chi connectivity index (χ2v) is 5.79. The van der Waals surface area contributed by atoms with Crippen LogP contribution in [0.25, 0.3) is 0 Å². The molecular weight excluding hydrogens is 270 g/mol. The summed E-state index contributed by atoms with van der Waals surface area (Å²) in [4.78, 5) is 37.5. The number of amides is 2. The van der Waals surface area contributed by atoms with E-state index in [4.69, 9.17) is 0 Å². The van der Waals surface area contributed by atoms with Crippen molar-refractivity contribution in [2.24, 2.45) is 17.8 Å². The molecule has 21 heavy (non-hydrogen) atoms. The maximum Gasteiger partial charge on any atom is 0.337 e. The molecule has 1 aliphatic carbocycles. The highest BCUT2D eigenvalue weighted by molar-refractivity contribution is 6.24. The van der Waals surface area contributed by atoms with E-state index in [-0.39, 0.29) is 34.9 Å². The lowest BCUT2D eigenvalue weighted by Crippen LogP contribution is -2.33. The minimum Gasteiger partial charge on any atom is -0.478 e. The van der Waals surface area contributed by atoms with Gasteiger partial charge in [-0.25, -0.2) is 9.69 Å². The first-order valence-corrected chi connectivity index (χ1v) is 7.24. The topological polar surface area (TPSA) is 74.7 Å². The molecule has 1 aromatic carbocycles. The highest BCUT2D eigenvalue weighted by Crippen LogP contribution is 2.45. The molecule has 5 heteroatoms. The first kappa shape index (κ1) is 13.8. The molecule has 2 atom stereocenters. The zero-order chi connectivity index (χ0) is 15.1. The molecule has 1 aromatic rings. The molecule has 0 bridgehead atoms. The minimum atomic E-state index is -1.13. The number of benzene rings is 1. The third-order valence-electron chi connectivity index (χ3n) is 4.69. The maximum atomic E-state index is 12.5. The Labute approximate surface area is 122 Å². The number of fused-ring (bicyclic) bond motifs is 1. The summed E-state index contributed by atoms with van der Waals surface area (Å²) in [5.74, 6) is -1.74. The van der Waals surface area contributed by atoms with Crippen molar-refractivity contribution >= 4 is 23.5 Å². The van der Waals surface area contributed by atoms with Gasteiger partial charge in [-0.1, -0.05) is 25.5 Å². The molecule has 1 heterocycles. The molecular formula is C16H17NO4. The Kier molecular flexibility index (Phi) is 3.27. The summed E-state index contributed by atoms with van der Waals surface area (Å²) < 4.78 is 0. The number of rotatable bonds is 3. The zero-order valence-corrected chi connectivity index (χ0v) is 11.8. The first-order valence-electron chi connectivity index (χ1n) is 7.24. The molecule has 5 nitrogen and oxygen atoms in total. The van der Waals surface area contributed by atoms with Gasteiger partial charge in [0.05, 0.1) is 23.1 Å². The Balaban J connectivity index is 1.98. The molecule has 2 aliphatic rings. The monoisotopic (exact) mass is 287 g/mol. The number of carbonyl (C=O) groups excluding carboxylic acids is 2. The van der Waals surface area contributed by atoms with Crippen LogP contribution in [0.5, 0.6) is 0 Å². The summed E-state index contributed by atoms with van der Waals surface area (Å²) >= 11 is 0. The van der Waals surface area contributed by atoms with E-state index in [1.165, 1.54) is 12.1 Å². The lowest BCUT2D eigenvalue weighted by molar-refractivity contribution is -0.123. The van der Waals surface area contributed by atoms with E-state index in [1.54, 1.807) is 12.1 Å². The van der Waals surface area contributed by atoms with E-state index in [2.05, 4.69) is 6.92 Å². The van der Waals surface area contributed by atoms with Crippen molar-refractivity contribution in [1.29, 1.82) is 0 Å². The minimum absolute atomic E-state index is 0.00813. The number of carboxylic acids is 1. The van der Waals surface area contributed by atoms with Gasteiger partial charge in [0.15, 0.2) is 0 Å². The van der Waals surface area contributed by atoms with Crippen molar-refractivity contribution in [3.8, 4) is 0 Å². The Bertz CT molecular complexity index is 600. The SMILES string of the molecule is CCC1CC2C(=O)N(c3ccccc3C(=O)O)C(=O)C2C1. The molecule has 1 saturated carbocycles. The van der Waals surface area contributed by atoms with Crippen LogP contribution in [-0.2, 0) is 9.59 Å². The molecule has 2 amide bonds. The molecule has 0 radical (unpaired) electrons. The summed E-state index contributed by atoms with van der Waals surface area (Å²) in [6.45, 7) is 2.07. The molecule has 3 rings (SSSR count). The van der Waals surface area contributed by atoms with Crippen molar-refractivity contribution in [1.82, 2.24) is 0 Å². The second-order valence-electron chi connectivity index (χ2n) is 5.79. The third kappa shape index (κ3) is 2.04. The number of anilines is 1. The molecule has 1 aliphatic heterocycles. The van der Waals surface area contributed by atoms with Crippen LogP contribution in [-0.4, -0.2) is 22.9 Å². The Morgan fingerprint density at radius 3 is 2.29 bits per heavy atom. The van der Waals surface area contributed by atoms with E-state index in [0.29, 0.717) is 5.92 Å². The number of nitrogens with zero attached hydrogens (tertiary/aromatic N) is 1. The Morgan fingerprint density at radius 2 is 1.76 bits per heavy atom. The predicted molar refractivity (Wildman–Crippen MR) is 75.9 cm³/mol. The maximum absolute atomic E-state index is 12.5. The fourth-order valence-electron chi connectivity index (χ4n) is 3.55. The van der Waals surface area contributed by atoms with Crippen LogP contribution in [0, 0.1) is 17.8 Å². The summed E-state index contributed by atoms with van der Waals surface area (Å²) in [5.41, 5.74) is 0.189. The predicted octanol–water partition coefficient (Wildman–Crippen LogP) is 2.31. The van der Waals surface area contributed by atoms with Crippen molar-refractivity contribution in [2.75, 3.05) is 4.90 Å². The van der Waals surface area contributed by atoms with Crippen LogP contribution < -0.4 is 4.90 Å². The van der Waals surface area contributed by atoms with Crippen LogP contribution >= 0.6 is 0 Å². The normalized spacial score (nSPS) is 28.0. The molecule has 1 N–H and O–H groups in total. The standard InChI is InChI=1S/C16H17NO4/c1-2-9-7-11-12(8-9)15(19)17(14(11)18)13-6-4-3-5-10(13)16(20)21/h3-6,9,11-12H,2,7-8H2,1H3,(H,20,21). The number of imide groups is 1. The third-order valence-corrected chi connectivity index (χ3v) is 4.69. The smallest absolute Gasteiger partial charge is 0.337 e. The summed E-state index contributed by atoms with van der Waals surface area (Å²) in [5, 5.41) is 9.23. The summed E-state index contributed by atoms with van der Waals surface area (Å²) in [6.07, 6.45) is 2.44. The summed E-state index contributed by atoms with van der Waals surface area (Å²) in [6, 6.07) is 6.18. The van der Waals surface area contributed by atoms with Gasteiger partial charge in [-0.15, -0.1) is 0 Å². The van der Waals surface area contributed by atoms with E-state index < -0.39 is 5.97 Å². The number of carbonyl (C=O) groups is 3. The van der Waals surface area contributed by atoms with E-state index in [9.17, 15) is 19.5 Å². The Morgan fingerprint density at radius 1 is 1.19 bits per heavy atom. The van der Waals surface area contributed by atoms with Crippen molar-refractivity contribution < 1.29 is 19.5 Å². The van der Waals surface area contributed by atoms with Crippen LogP contribution in [0.2, 0.25) is 0 Å². The van der Waals surface area contributed by atoms with Crippen molar-refractivity contribution in [3.05, 3.63) is 29.8 Å². The number of para-hydroxylation sites is 1. The fourth-order valence-corrected chi connectivity index (χ4v) is 3.55. The average Bonchev–Trinajstić information content (AvgIpc) is 2.99. The number of hydrogen-bond acceptors (Lipinski definition) is 3. The highest BCUT2D eigenvalue weighted by atomic mass is 16.4. The molecule has 2 unspecified atom stereocenters. The van der Waals surface area contributed by atoms with Gasteiger partial charge in [0.1, 0.15) is 0 Å².